The van der Waals surface area contributed by atoms with Gasteiger partial charge < -0.3 is 9.52 Å². The van der Waals surface area contributed by atoms with Gasteiger partial charge in [0.25, 0.3) is 0 Å². The molecule has 1 unspecified atom stereocenters. The third-order valence-corrected chi connectivity index (χ3v) is 2.91. The van der Waals surface area contributed by atoms with Gasteiger partial charge in [0, 0.05) is 17.9 Å². The van der Waals surface area contributed by atoms with Crippen molar-refractivity contribution in [1.29, 1.82) is 0 Å². The van der Waals surface area contributed by atoms with E-state index >= 15 is 0 Å². The maximum atomic E-state index is 8.76. The van der Waals surface area contributed by atoms with Crippen molar-refractivity contribution in [3.8, 4) is 0 Å². The molecule has 1 atom stereocenters. The Morgan fingerprint density at radius 2 is 2.50 bits per heavy atom. The van der Waals surface area contributed by atoms with Crippen molar-refractivity contribution in [1.82, 2.24) is 0 Å². The Bertz CT molecular complexity index is 196. The van der Waals surface area contributed by atoms with Gasteiger partial charge in [-0.15, -0.1) is 0 Å². The van der Waals surface area contributed by atoms with Crippen LogP contribution < -0.4 is 0 Å². The molecular formula is C9H14O2S. The van der Waals surface area contributed by atoms with E-state index in [0.717, 1.165) is 11.5 Å². The van der Waals surface area contributed by atoms with E-state index in [2.05, 4.69) is 0 Å². The van der Waals surface area contributed by atoms with E-state index in [1.807, 2.05) is 24.8 Å². The van der Waals surface area contributed by atoms with Gasteiger partial charge in [0.2, 0.25) is 0 Å². The number of rotatable bonds is 5. The fourth-order valence-electron chi connectivity index (χ4n) is 0.805. The van der Waals surface area contributed by atoms with Crippen molar-refractivity contribution in [2.45, 2.75) is 12.7 Å². The Balaban J connectivity index is 2.11. The maximum absolute atomic E-state index is 8.76. The third kappa shape index (κ3) is 3.32. The molecule has 0 aliphatic carbocycles. The van der Waals surface area contributed by atoms with Crippen molar-refractivity contribution in [2.75, 3.05) is 12.4 Å². The minimum Gasteiger partial charge on any atom is -0.472 e. The lowest BCUT2D eigenvalue weighted by atomic mass is 10.2. The summed E-state index contributed by atoms with van der Waals surface area (Å²) in [6.07, 6.45) is 3.45. The van der Waals surface area contributed by atoms with Crippen LogP contribution in [-0.4, -0.2) is 17.5 Å². The van der Waals surface area contributed by atoms with E-state index in [1.165, 1.54) is 5.56 Å². The average molecular weight is 186 g/mol. The van der Waals surface area contributed by atoms with Crippen LogP contribution in [0.4, 0.5) is 0 Å². The molecule has 0 radical (unpaired) electrons. The molecule has 1 aromatic rings. The molecule has 68 valence electrons. The van der Waals surface area contributed by atoms with E-state index in [-0.39, 0.29) is 6.61 Å². The monoisotopic (exact) mass is 186 g/mol. The highest BCUT2D eigenvalue weighted by Crippen LogP contribution is 2.15. The molecule has 2 nitrogen and oxygen atoms in total. The van der Waals surface area contributed by atoms with E-state index in [1.54, 1.807) is 12.5 Å². The normalized spacial score (nSPS) is 13.2. The van der Waals surface area contributed by atoms with Crippen LogP contribution in [0, 0.1) is 5.92 Å². The number of hydrogen-bond acceptors (Lipinski definition) is 3. The van der Waals surface area contributed by atoms with Gasteiger partial charge in [-0.1, -0.05) is 6.92 Å². The fourth-order valence-corrected chi connectivity index (χ4v) is 1.83. The summed E-state index contributed by atoms with van der Waals surface area (Å²) in [5.74, 6) is 2.37. The third-order valence-electron chi connectivity index (χ3n) is 1.56. The first kappa shape index (κ1) is 9.68. The summed E-state index contributed by atoms with van der Waals surface area (Å²) in [4.78, 5) is 0. The topological polar surface area (TPSA) is 33.4 Å². The van der Waals surface area contributed by atoms with E-state index in [0.29, 0.717) is 5.92 Å². The van der Waals surface area contributed by atoms with Crippen molar-refractivity contribution >= 4 is 11.8 Å². The van der Waals surface area contributed by atoms with Crippen molar-refractivity contribution in [3.63, 3.8) is 0 Å². The predicted molar refractivity (Wildman–Crippen MR) is 51.1 cm³/mol. The molecule has 1 rings (SSSR count). The van der Waals surface area contributed by atoms with Crippen LogP contribution in [0.3, 0.4) is 0 Å². The second-order valence-electron chi connectivity index (χ2n) is 2.93. The molecule has 0 amide bonds. The second kappa shape index (κ2) is 5.27. The first-order valence-corrected chi connectivity index (χ1v) is 5.18. The number of furan rings is 1. The van der Waals surface area contributed by atoms with Crippen LogP contribution >= 0.6 is 11.8 Å². The molecular weight excluding hydrogens is 172 g/mol. The zero-order valence-corrected chi connectivity index (χ0v) is 8.01. The molecule has 3 heteroatoms. The van der Waals surface area contributed by atoms with Gasteiger partial charge >= 0.3 is 0 Å². The van der Waals surface area contributed by atoms with Crippen molar-refractivity contribution < 1.29 is 9.52 Å². The molecule has 0 aromatic carbocycles. The lowest BCUT2D eigenvalue weighted by Crippen LogP contribution is -2.03. The number of hydrogen-bond donors (Lipinski definition) is 1. The molecule has 0 fully saturated rings. The van der Waals surface area contributed by atoms with Crippen LogP contribution in [-0.2, 0) is 5.75 Å². The summed E-state index contributed by atoms with van der Waals surface area (Å²) < 4.78 is 4.94. The highest BCUT2D eigenvalue weighted by Gasteiger charge is 2.00. The summed E-state index contributed by atoms with van der Waals surface area (Å²) >= 11 is 1.82. The van der Waals surface area contributed by atoms with Gasteiger partial charge in [0.15, 0.2) is 0 Å². The Hall–Kier alpha value is -0.410. The molecule has 1 N–H and O–H groups in total. The summed E-state index contributed by atoms with van der Waals surface area (Å²) in [5, 5.41) is 8.76. The van der Waals surface area contributed by atoms with Gasteiger partial charge in [0.1, 0.15) is 0 Å². The second-order valence-corrected chi connectivity index (χ2v) is 3.96. The zero-order chi connectivity index (χ0) is 8.81. The van der Waals surface area contributed by atoms with E-state index < -0.39 is 0 Å². The maximum Gasteiger partial charge on any atom is 0.0942 e. The summed E-state index contributed by atoms with van der Waals surface area (Å²) in [6, 6.07) is 1.97. The van der Waals surface area contributed by atoms with Gasteiger partial charge in [-0.05, 0) is 17.7 Å². The quantitative estimate of drug-likeness (QED) is 0.765. The average Bonchev–Trinajstić information content (AvgIpc) is 2.57. The smallest absolute Gasteiger partial charge is 0.0942 e. The highest BCUT2D eigenvalue weighted by molar-refractivity contribution is 7.98. The molecule has 0 aliphatic rings. The van der Waals surface area contributed by atoms with Crippen LogP contribution in [0.25, 0.3) is 0 Å². The standard InChI is InChI=1S/C9H14O2S/c1-8(4-10)6-12-7-9-2-3-11-5-9/h2-3,5,8,10H,4,6-7H2,1H3. The summed E-state index contributed by atoms with van der Waals surface area (Å²) in [5.41, 5.74) is 1.21. The largest absolute Gasteiger partial charge is 0.472 e. The van der Waals surface area contributed by atoms with Crippen LogP contribution in [0.1, 0.15) is 12.5 Å². The molecule has 1 heterocycles. The predicted octanol–water partition coefficient (Wildman–Crippen LogP) is 2.14. The first-order chi connectivity index (χ1) is 5.83. The molecule has 0 spiro atoms. The molecule has 12 heavy (non-hydrogen) atoms. The Kier molecular flexibility index (Phi) is 4.25. The number of aliphatic hydroxyl groups is 1. The van der Waals surface area contributed by atoms with Crippen LogP contribution in [0.2, 0.25) is 0 Å². The van der Waals surface area contributed by atoms with Gasteiger partial charge in [-0.25, -0.2) is 0 Å². The highest BCUT2D eigenvalue weighted by atomic mass is 32.2. The minimum absolute atomic E-state index is 0.276. The van der Waals surface area contributed by atoms with Crippen LogP contribution in [0.15, 0.2) is 23.0 Å². The molecule has 0 bridgehead atoms. The molecule has 0 saturated carbocycles. The fraction of sp³-hybridized carbons (Fsp3) is 0.556. The van der Waals surface area contributed by atoms with Gasteiger partial charge in [-0.2, -0.15) is 11.8 Å². The van der Waals surface area contributed by atoms with E-state index in [4.69, 9.17) is 9.52 Å². The summed E-state index contributed by atoms with van der Waals surface area (Å²) in [7, 11) is 0. The van der Waals surface area contributed by atoms with Crippen molar-refractivity contribution in [2.24, 2.45) is 5.92 Å². The SMILES string of the molecule is CC(CO)CSCc1ccoc1. The van der Waals surface area contributed by atoms with Crippen molar-refractivity contribution in [3.05, 3.63) is 24.2 Å². The Morgan fingerprint density at radius 1 is 1.67 bits per heavy atom. The first-order valence-electron chi connectivity index (χ1n) is 4.02. The lowest BCUT2D eigenvalue weighted by Gasteiger charge is -2.05. The summed E-state index contributed by atoms with van der Waals surface area (Å²) in [6.45, 7) is 2.32. The molecule has 1 aromatic heterocycles. The number of thioether (sulfide) groups is 1. The van der Waals surface area contributed by atoms with E-state index in [9.17, 15) is 0 Å². The van der Waals surface area contributed by atoms with Gasteiger partial charge in [0.05, 0.1) is 12.5 Å². The van der Waals surface area contributed by atoms with Crippen LogP contribution in [0.5, 0.6) is 0 Å². The number of aliphatic hydroxyl groups excluding tert-OH is 1. The minimum atomic E-state index is 0.276. The zero-order valence-electron chi connectivity index (χ0n) is 7.19. The Morgan fingerprint density at radius 3 is 3.08 bits per heavy atom. The van der Waals surface area contributed by atoms with Gasteiger partial charge in [-0.3, -0.25) is 0 Å². The molecule has 0 aliphatic heterocycles. The Labute approximate surface area is 77.0 Å². The molecule has 0 saturated heterocycles. The lowest BCUT2D eigenvalue weighted by molar-refractivity contribution is 0.250.